The maximum atomic E-state index is 4.82. The Hall–Kier alpha value is -1.35. The molecule has 3 rings (SSSR count). The summed E-state index contributed by atoms with van der Waals surface area (Å²) in [6.07, 6.45) is 3.60. The van der Waals surface area contributed by atoms with Crippen LogP contribution in [-0.2, 0) is 13.5 Å². The Morgan fingerprint density at radius 3 is 2.80 bits per heavy atom. The number of nitrogens with one attached hydrogen (secondary N) is 1. The van der Waals surface area contributed by atoms with Crippen molar-refractivity contribution < 1.29 is 0 Å². The summed E-state index contributed by atoms with van der Waals surface area (Å²) < 4.78 is 2.25. The molecule has 3 nitrogen and oxygen atoms in total. The Morgan fingerprint density at radius 2 is 2.15 bits per heavy atom. The van der Waals surface area contributed by atoms with E-state index in [0.717, 1.165) is 30.3 Å². The molecule has 3 atom stereocenters. The molecular weight excluding hydrogens is 246 g/mol. The van der Waals surface area contributed by atoms with Crippen molar-refractivity contribution in [3.63, 3.8) is 0 Å². The Labute approximate surface area is 121 Å². The van der Waals surface area contributed by atoms with Crippen molar-refractivity contribution in [1.29, 1.82) is 0 Å². The first-order chi connectivity index (χ1) is 9.70. The minimum Gasteiger partial charge on any atom is -0.331 e. The predicted octanol–water partition coefficient (Wildman–Crippen LogP) is 3.14. The number of aromatic nitrogens is 2. The van der Waals surface area contributed by atoms with E-state index in [2.05, 4.69) is 55.0 Å². The van der Waals surface area contributed by atoms with Crippen molar-refractivity contribution in [3.8, 4) is 0 Å². The minimum atomic E-state index is 0.584. The molecule has 1 heterocycles. The molecule has 1 saturated carbocycles. The first kappa shape index (κ1) is 13.6. The van der Waals surface area contributed by atoms with Gasteiger partial charge in [0, 0.05) is 19.5 Å². The molecule has 1 fully saturated rings. The number of imidazole rings is 1. The molecule has 20 heavy (non-hydrogen) atoms. The summed E-state index contributed by atoms with van der Waals surface area (Å²) in [5.41, 5.74) is 2.35. The van der Waals surface area contributed by atoms with Crippen molar-refractivity contribution in [2.45, 2.75) is 39.2 Å². The van der Waals surface area contributed by atoms with Crippen LogP contribution in [0.1, 0.15) is 32.5 Å². The van der Waals surface area contributed by atoms with Gasteiger partial charge in [0.05, 0.1) is 11.0 Å². The summed E-state index contributed by atoms with van der Waals surface area (Å²) >= 11 is 0. The lowest BCUT2D eigenvalue weighted by Crippen LogP contribution is -2.35. The van der Waals surface area contributed by atoms with Gasteiger partial charge in [-0.3, -0.25) is 0 Å². The van der Waals surface area contributed by atoms with Crippen LogP contribution in [-0.4, -0.2) is 22.1 Å². The van der Waals surface area contributed by atoms with Crippen molar-refractivity contribution in [2.75, 3.05) is 6.54 Å². The number of hydrogen-bond acceptors (Lipinski definition) is 2. The molecule has 108 valence electrons. The topological polar surface area (TPSA) is 29.9 Å². The van der Waals surface area contributed by atoms with Gasteiger partial charge >= 0.3 is 0 Å². The number of fused-ring (bicyclic) bond motifs is 1. The molecule has 3 unspecified atom stereocenters. The lowest BCUT2D eigenvalue weighted by molar-refractivity contribution is 0.433. The summed E-state index contributed by atoms with van der Waals surface area (Å²) in [5.74, 6) is 2.92. The number of para-hydroxylation sites is 2. The minimum absolute atomic E-state index is 0.584. The number of aryl methyl sites for hydroxylation is 1. The molecule has 3 heteroatoms. The van der Waals surface area contributed by atoms with Crippen LogP contribution in [0.3, 0.4) is 0 Å². The van der Waals surface area contributed by atoms with Gasteiger partial charge in [-0.05, 0) is 43.4 Å². The summed E-state index contributed by atoms with van der Waals surface area (Å²) in [6, 6.07) is 8.99. The molecule has 1 aliphatic carbocycles. The predicted molar refractivity (Wildman–Crippen MR) is 83.8 cm³/mol. The lowest BCUT2D eigenvalue weighted by atomic mass is 10.1. The molecular formula is C17H25N3. The van der Waals surface area contributed by atoms with Crippen molar-refractivity contribution in [2.24, 2.45) is 18.9 Å². The average molecular weight is 271 g/mol. The van der Waals surface area contributed by atoms with Gasteiger partial charge in [0.2, 0.25) is 0 Å². The summed E-state index contributed by atoms with van der Waals surface area (Å²) in [4.78, 5) is 4.82. The van der Waals surface area contributed by atoms with Gasteiger partial charge in [-0.2, -0.15) is 0 Å². The Kier molecular flexibility index (Phi) is 3.79. The molecule has 0 radical (unpaired) electrons. The third-order valence-electron chi connectivity index (χ3n) is 4.63. The normalized spacial score (nSPS) is 23.1. The molecule has 1 aromatic carbocycles. The Bertz CT molecular complexity index is 587. The van der Waals surface area contributed by atoms with Gasteiger partial charge in [-0.25, -0.2) is 4.98 Å². The Morgan fingerprint density at radius 1 is 1.40 bits per heavy atom. The lowest BCUT2D eigenvalue weighted by Gasteiger charge is -2.18. The second-order valence-corrected chi connectivity index (χ2v) is 6.22. The fourth-order valence-electron chi connectivity index (χ4n) is 3.19. The van der Waals surface area contributed by atoms with E-state index in [1.807, 2.05) is 0 Å². The van der Waals surface area contributed by atoms with E-state index in [-0.39, 0.29) is 0 Å². The average Bonchev–Trinajstić information content (AvgIpc) is 3.10. The fourth-order valence-corrected chi connectivity index (χ4v) is 3.19. The zero-order valence-corrected chi connectivity index (χ0v) is 12.8. The van der Waals surface area contributed by atoms with Crippen LogP contribution in [0.2, 0.25) is 0 Å². The van der Waals surface area contributed by atoms with Gasteiger partial charge in [0.15, 0.2) is 0 Å². The van der Waals surface area contributed by atoms with E-state index in [4.69, 9.17) is 4.98 Å². The van der Waals surface area contributed by atoms with Gasteiger partial charge in [-0.15, -0.1) is 0 Å². The third kappa shape index (κ3) is 2.59. The highest BCUT2D eigenvalue weighted by Crippen LogP contribution is 2.41. The first-order valence-corrected chi connectivity index (χ1v) is 7.84. The van der Waals surface area contributed by atoms with Crippen molar-refractivity contribution >= 4 is 11.0 Å². The van der Waals surface area contributed by atoms with Gasteiger partial charge in [-0.1, -0.05) is 26.0 Å². The molecule has 1 aromatic heterocycles. The number of benzene rings is 1. The SMILES string of the molecule is CCCNC(Cc1nc2ccccc2n1C)C1CC1C. The van der Waals surface area contributed by atoms with Crippen LogP contribution < -0.4 is 5.32 Å². The zero-order valence-electron chi connectivity index (χ0n) is 12.8. The molecule has 0 aliphatic heterocycles. The molecule has 0 saturated heterocycles. The second-order valence-electron chi connectivity index (χ2n) is 6.22. The quantitative estimate of drug-likeness (QED) is 0.874. The maximum Gasteiger partial charge on any atom is 0.111 e. The largest absolute Gasteiger partial charge is 0.331 e. The first-order valence-electron chi connectivity index (χ1n) is 7.84. The smallest absolute Gasteiger partial charge is 0.111 e. The van der Waals surface area contributed by atoms with Gasteiger partial charge in [0.1, 0.15) is 5.82 Å². The van der Waals surface area contributed by atoms with Crippen LogP contribution in [0.5, 0.6) is 0 Å². The molecule has 0 spiro atoms. The molecule has 1 aliphatic rings. The van der Waals surface area contributed by atoms with Crippen molar-refractivity contribution in [1.82, 2.24) is 14.9 Å². The van der Waals surface area contributed by atoms with E-state index < -0.39 is 0 Å². The van der Waals surface area contributed by atoms with Crippen molar-refractivity contribution in [3.05, 3.63) is 30.1 Å². The zero-order chi connectivity index (χ0) is 14.1. The van der Waals surface area contributed by atoms with E-state index in [0.29, 0.717) is 6.04 Å². The van der Waals surface area contributed by atoms with Gasteiger partial charge in [0.25, 0.3) is 0 Å². The third-order valence-corrected chi connectivity index (χ3v) is 4.63. The highest BCUT2D eigenvalue weighted by Gasteiger charge is 2.39. The number of nitrogens with zero attached hydrogens (tertiary/aromatic N) is 2. The standard InChI is InChI=1S/C17H25N3/c1-4-9-18-15(13-10-12(13)2)11-17-19-14-7-5-6-8-16(14)20(17)3/h5-8,12-13,15,18H,4,9-11H2,1-3H3. The van der Waals surface area contributed by atoms with Crippen LogP contribution in [0, 0.1) is 11.8 Å². The van der Waals surface area contributed by atoms with E-state index >= 15 is 0 Å². The molecule has 1 N–H and O–H groups in total. The maximum absolute atomic E-state index is 4.82. The Balaban J connectivity index is 1.80. The van der Waals surface area contributed by atoms with E-state index in [9.17, 15) is 0 Å². The highest BCUT2D eigenvalue weighted by molar-refractivity contribution is 5.75. The summed E-state index contributed by atoms with van der Waals surface area (Å²) in [7, 11) is 2.14. The summed E-state index contributed by atoms with van der Waals surface area (Å²) in [6.45, 7) is 5.70. The molecule has 2 aromatic rings. The summed E-state index contributed by atoms with van der Waals surface area (Å²) in [5, 5.41) is 3.73. The fraction of sp³-hybridized carbons (Fsp3) is 0.588. The van der Waals surface area contributed by atoms with Crippen LogP contribution >= 0.6 is 0 Å². The highest BCUT2D eigenvalue weighted by atomic mass is 15.1. The van der Waals surface area contributed by atoms with E-state index in [1.165, 1.54) is 24.2 Å². The van der Waals surface area contributed by atoms with Crippen LogP contribution in [0.25, 0.3) is 11.0 Å². The number of hydrogen-bond donors (Lipinski definition) is 1. The monoisotopic (exact) mass is 271 g/mol. The van der Waals surface area contributed by atoms with Crippen LogP contribution in [0.15, 0.2) is 24.3 Å². The molecule has 0 bridgehead atoms. The van der Waals surface area contributed by atoms with E-state index in [1.54, 1.807) is 0 Å². The van der Waals surface area contributed by atoms with Crippen LogP contribution in [0.4, 0.5) is 0 Å². The second kappa shape index (κ2) is 5.57. The number of rotatable bonds is 6. The molecule has 0 amide bonds. The van der Waals surface area contributed by atoms with Gasteiger partial charge < -0.3 is 9.88 Å².